The molecule has 106 valence electrons. The Morgan fingerprint density at radius 1 is 1.42 bits per heavy atom. The maximum Gasteiger partial charge on any atom is 0.255 e. The second-order valence-electron chi connectivity index (χ2n) is 4.50. The quantitative estimate of drug-likeness (QED) is 0.686. The Hall–Kier alpha value is -0.550. The Morgan fingerprint density at radius 2 is 2.16 bits per heavy atom. The zero-order valence-electron chi connectivity index (χ0n) is 11.0. The van der Waals surface area contributed by atoms with Crippen LogP contribution in [0.4, 0.5) is 0 Å². The van der Waals surface area contributed by atoms with Crippen LogP contribution in [0, 0.1) is 5.92 Å². The number of halogens is 2. The highest BCUT2D eigenvalue weighted by Crippen LogP contribution is 2.22. The van der Waals surface area contributed by atoms with Crippen molar-refractivity contribution in [2.45, 2.75) is 26.2 Å². The summed E-state index contributed by atoms with van der Waals surface area (Å²) >= 11 is 6.73. The summed E-state index contributed by atoms with van der Waals surface area (Å²) in [6.45, 7) is 2.79. The second kappa shape index (κ2) is 8.59. The van der Waals surface area contributed by atoms with Gasteiger partial charge >= 0.3 is 0 Å². The van der Waals surface area contributed by atoms with Crippen molar-refractivity contribution in [3.63, 3.8) is 0 Å². The van der Waals surface area contributed by atoms with E-state index in [1.807, 2.05) is 0 Å². The van der Waals surface area contributed by atoms with E-state index in [4.69, 9.17) is 0 Å². The van der Waals surface area contributed by atoms with Crippen LogP contribution in [0.2, 0.25) is 0 Å². The molecule has 1 aromatic rings. The molecule has 0 saturated heterocycles. The molecular weight excluding hydrogens is 374 g/mol. The molecule has 1 atom stereocenters. The second-order valence-corrected chi connectivity index (χ2v) is 6.21. The van der Waals surface area contributed by atoms with Crippen LogP contribution in [0.3, 0.4) is 0 Å². The number of hydrogen-bond acceptors (Lipinski definition) is 2. The van der Waals surface area contributed by atoms with Gasteiger partial charge in [0, 0.05) is 16.3 Å². The molecule has 1 amide bonds. The predicted octanol–water partition coefficient (Wildman–Crippen LogP) is 4.09. The third-order valence-corrected chi connectivity index (χ3v) is 3.92. The van der Waals surface area contributed by atoms with Crippen molar-refractivity contribution in [2.24, 2.45) is 5.92 Å². The summed E-state index contributed by atoms with van der Waals surface area (Å²) in [5.74, 6) is 0.255. The zero-order valence-corrected chi connectivity index (χ0v) is 14.1. The Morgan fingerprint density at radius 3 is 2.79 bits per heavy atom. The van der Waals surface area contributed by atoms with Gasteiger partial charge in [-0.2, -0.15) is 0 Å². The van der Waals surface area contributed by atoms with Crippen molar-refractivity contribution in [3.05, 3.63) is 28.2 Å². The van der Waals surface area contributed by atoms with E-state index in [1.165, 1.54) is 6.07 Å². The number of rotatable bonds is 7. The molecular formula is C14H19Br2NO2. The molecule has 0 heterocycles. The molecule has 0 radical (unpaired) electrons. The number of hydrogen-bond donors (Lipinski definition) is 2. The third-order valence-electron chi connectivity index (χ3n) is 2.97. The summed E-state index contributed by atoms with van der Waals surface area (Å²) < 4.78 is 0.779. The Labute approximate surface area is 131 Å². The van der Waals surface area contributed by atoms with Gasteiger partial charge in [0.25, 0.3) is 5.91 Å². The van der Waals surface area contributed by atoms with Crippen LogP contribution in [0.1, 0.15) is 36.5 Å². The average Bonchev–Trinajstić information content (AvgIpc) is 2.39. The maximum absolute atomic E-state index is 12.0. The number of carbonyl (C=O) groups is 1. The van der Waals surface area contributed by atoms with Crippen molar-refractivity contribution in [1.82, 2.24) is 5.32 Å². The van der Waals surface area contributed by atoms with Crippen molar-refractivity contribution in [1.29, 1.82) is 0 Å². The van der Waals surface area contributed by atoms with E-state index in [2.05, 4.69) is 44.1 Å². The highest BCUT2D eigenvalue weighted by molar-refractivity contribution is 9.10. The van der Waals surface area contributed by atoms with Gasteiger partial charge in [0.05, 0.1) is 5.56 Å². The number of nitrogens with one attached hydrogen (secondary N) is 1. The molecule has 1 unspecified atom stereocenters. The lowest BCUT2D eigenvalue weighted by Gasteiger charge is -2.16. The molecule has 0 fully saturated rings. The number of phenolic OH excluding ortho intramolecular Hbond substituents is 1. The van der Waals surface area contributed by atoms with Gasteiger partial charge in [-0.1, -0.05) is 45.2 Å². The summed E-state index contributed by atoms with van der Waals surface area (Å²) in [6.07, 6.45) is 3.24. The number of alkyl halides is 1. The van der Waals surface area contributed by atoms with Crippen LogP contribution in [0.5, 0.6) is 5.75 Å². The minimum absolute atomic E-state index is 0.00762. The van der Waals surface area contributed by atoms with Gasteiger partial charge in [-0.15, -0.1) is 0 Å². The molecule has 0 aliphatic heterocycles. The Bertz CT molecular complexity index is 418. The van der Waals surface area contributed by atoms with Gasteiger partial charge in [0.1, 0.15) is 5.75 Å². The van der Waals surface area contributed by atoms with E-state index in [9.17, 15) is 9.90 Å². The number of carbonyl (C=O) groups excluding carboxylic acids is 1. The number of amides is 1. The standard InChI is InChI=1S/C14H19Br2NO2/c1-2-3-10(6-7-15)9-17-14(19)12-8-11(16)4-5-13(12)18/h4-5,8,10,18H,2-3,6-7,9H2,1H3,(H,17,19). The third kappa shape index (κ3) is 5.53. The van der Waals surface area contributed by atoms with Crippen molar-refractivity contribution in [2.75, 3.05) is 11.9 Å². The zero-order chi connectivity index (χ0) is 14.3. The van der Waals surface area contributed by atoms with E-state index in [0.717, 1.165) is 29.1 Å². The largest absolute Gasteiger partial charge is 0.507 e. The molecule has 1 rings (SSSR count). The topological polar surface area (TPSA) is 49.3 Å². The smallest absolute Gasteiger partial charge is 0.255 e. The molecule has 0 spiro atoms. The Kier molecular flexibility index (Phi) is 7.46. The van der Waals surface area contributed by atoms with Crippen molar-refractivity contribution in [3.8, 4) is 5.75 Å². The van der Waals surface area contributed by atoms with Crippen LogP contribution < -0.4 is 5.32 Å². The molecule has 0 aromatic heterocycles. The van der Waals surface area contributed by atoms with E-state index < -0.39 is 0 Å². The van der Waals surface area contributed by atoms with Gasteiger partial charge in [0.2, 0.25) is 0 Å². The molecule has 3 nitrogen and oxygen atoms in total. The van der Waals surface area contributed by atoms with Crippen LogP contribution >= 0.6 is 31.9 Å². The predicted molar refractivity (Wildman–Crippen MR) is 84.9 cm³/mol. The van der Waals surface area contributed by atoms with Crippen LogP contribution in [-0.4, -0.2) is 22.9 Å². The van der Waals surface area contributed by atoms with Crippen molar-refractivity contribution < 1.29 is 9.90 Å². The van der Waals surface area contributed by atoms with E-state index >= 15 is 0 Å². The van der Waals surface area contributed by atoms with Crippen LogP contribution in [0.25, 0.3) is 0 Å². The van der Waals surface area contributed by atoms with Gasteiger partial charge in [-0.25, -0.2) is 0 Å². The van der Waals surface area contributed by atoms with E-state index in [0.29, 0.717) is 18.0 Å². The molecule has 1 aromatic carbocycles. The van der Waals surface area contributed by atoms with Gasteiger partial charge in [-0.05, 0) is 37.0 Å². The lowest BCUT2D eigenvalue weighted by molar-refractivity contribution is 0.0943. The molecule has 0 saturated carbocycles. The van der Waals surface area contributed by atoms with Gasteiger partial charge < -0.3 is 10.4 Å². The molecule has 5 heteroatoms. The maximum atomic E-state index is 12.0. The lowest BCUT2D eigenvalue weighted by Crippen LogP contribution is -2.29. The van der Waals surface area contributed by atoms with Crippen LogP contribution in [-0.2, 0) is 0 Å². The Balaban J connectivity index is 2.61. The lowest BCUT2D eigenvalue weighted by atomic mass is 10.0. The number of phenols is 1. The SMILES string of the molecule is CCCC(CCBr)CNC(=O)c1cc(Br)ccc1O. The fourth-order valence-corrected chi connectivity index (χ4v) is 2.94. The first-order chi connectivity index (χ1) is 9.08. The number of benzene rings is 1. The molecule has 0 aliphatic carbocycles. The minimum atomic E-state index is -0.227. The summed E-state index contributed by atoms with van der Waals surface area (Å²) in [5, 5.41) is 13.5. The summed E-state index contributed by atoms with van der Waals surface area (Å²) in [6, 6.07) is 4.85. The normalized spacial score (nSPS) is 12.2. The van der Waals surface area contributed by atoms with Gasteiger partial charge in [0.15, 0.2) is 0 Å². The van der Waals surface area contributed by atoms with Crippen LogP contribution in [0.15, 0.2) is 22.7 Å². The highest BCUT2D eigenvalue weighted by Gasteiger charge is 2.14. The summed E-state index contributed by atoms with van der Waals surface area (Å²) in [7, 11) is 0. The number of aromatic hydroxyl groups is 1. The van der Waals surface area contributed by atoms with E-state index in [-0.39, 0.29) is 11.7 Å². The van der Waals surface area contributed by atoms with Crippen molar-refractivity contribution >= 4 is 37.8 Å². The molecule has 2 N–H and O–H groups in total. The van der Waals surface area contributed by atoms with Gasteiger partial charge in [-0.3, -0.25) is 4.79 Å². The average molecular weight is 393 g/mol. The first-order valence-corrected chi connectivity index (χ1v) is 8.32. The molecule has 0 bridgehead atoms. The first-order valence-electron chi connectivity index (χ1n) is 6.41. The highest BCUT2D eigenvalue weighted by atomic mass is 79.9. The molecule has 0 aliphatic rings. The fraction of sp³-hybridized carbons (Fsp3) is 0.500. The summed E-state index contributed by atoms with van der Waals surface area (Å²) in [4.78, 5) is 12.0. The fourth-order valence-electron chi connectivity index (χ4n) is 1.93. The van der Waals surface area contributed by atoms with E-state index in [1.54, 1.807) is 12.1 Å². The molecule has 19 heavy (non-hydrogen) atoms. The first kappa shape index (κ1) is 16.5. The summed E-state index contributed by atoms with van der Waals surface area (Å²) in [5.41, 5.74) is 0.309. The minimum Gasteiger partial charge on any atom is -0.507 e. The monoisotopic (exact) mass is 391 g/mol.